The molecule has 0 saturated carbocycles. The van der Waals surface area contributed by atoms with E-state index in [-0.39, 0.29) is 5.91 Å². The zero-order chi connectivity index (χ0) is 20.8. The normalized spacial score (nSPS) is 15.1. The van der Waals surface area contributed by atoms with E-state index in [2.05, 4.69) is 18.7 Å². The molecule has 1 heterocycles. The molecule has 1 saturated heterocycles. The summed E-state index contributed by atoms with van der Waals surface area (Å²) >= 11 is 6.57. The number of thioether (sulfide) groups is 1. The van der Waals surface area contributed by atoms with Gasteiger partial charge >= 0.3 is 0 Å². The molecule has 0 N–H and O–H groups in total. The first-order valence-corrected chi connectivity index (χ1v) is 10.5. The molecule has 0 unspecified atom stereocenters. The van der Waals surface area contributed by atoms with Gasteiger partial charge in [0.25, 0.3) is 5.91 Å². The third-order valence-electron chi connectivity index (χ3n) is 4.32. The second-order valence-electron chi connectivity index (χ2n) is 6.62. The molecule has 1 amide bonds. The molecule has 0 atom stereocenters. The van der Waals surface area contributed by atoms with E-state index in [9.17, 15) is 4.79 Å². The van der Waals surface area contributed by atoms with Crippen molar-refractivity contribution in [1.29, 1.82) is 0 Å². The molecule has 1 fully saturated rings. The zero-order valence-electron chi connectivity index (χ0n) is 16.5. The van der Waals surface area contributed by atoms with Gasteiger partial charge in [0.05, 0.1) is 4.91 Å². The molecule has 3 rings (SSSR count). The highest BCUT2D eigenvalue weighted by molar-refractivity contribution is 8.26. The number of hydrogen-bond donors (Lipinski definition) is 0. The maximum Gasteiger partial charge on any atom is 0.266 e. The molecule has 0 aliphatic carbocycles. The second kappa shape index (κ2) is 9.76. The predicted octanol–water partition coefficient (Wildman–Crippen LogP) is 5.15. The molecule has 2 aromatic carbocycles. The Labute approximate surface area is 181 Å². The maximum absolute atomic E-state index is 12.4. The Hall–Kier alpha value is -2.57. The molecule has 29 heavy (non-hydrogen) atoms. The maximum atomic E-state index is 12.4. The van der Waals surface area contributed by atoms with E-state index in [1.165, 1.54) is 17.3 Å². The summed E-state index contributed by atoms with van der Waals surface area (Å²) in [6.45, 7) is 9.08. The molecule has 150 valence electrons. The number of aryl methyl sites for hydroxylation is 2. The number of benzene rings is 2. The number of rotatable bonds is 8. The quantitative estimate of drug-likeness (QED) is 0.253. The molecule has 1 aliphatic rings. The summed E-state index contributed by atoms with van der Waals surface area (Å²) in [5.74, 6) is 1.56. The minimum atomic E-state index is -0.0798. The van der Waals surface area contributed by atoms with Crippen LogP contribution in [0.15, 0.2) is 60.0 Å². The first kappa shape index (κ1) is 21.1. The highest BCUT2D eigenvalue weighted by Crippen LogP contribution is 2.32. The number of amides is 1. The van der Waals surface area contributed by atoms with Crippen molar-refractivity contribution in [2.45, 2.75) is 13.8 Å². The van der Waals surface area contributed by atoms with Crippen LogP contribution in [0.5, 0.6) is 11.5 Å². The third-order valence-corrected chi connectivity index (χ3v) is 5.69. The number of hydrogen-bond acceptors (Lipinski definition) is 5. The average molecular weight is 426 g/mol. The van der Waals surface area contributed by atoms with Crippen molar-refractivity contribution in [3.05, 3.63) is 76.7 Å². The van der Waals surface area contributed by atoms with E-state index in [0.717, 1.165) is 22.6 Å². The van der Waals surface area contributed by atoms with Gasteiger partial charge in [-0.1, -0.05) is 54.3 Å². The molecule has 4 nitrogen and oxygen atoms in total. The van der Waals surface area contributed by atoms with Crippen LogP contribution < -0.4 is 9.47 Å². The van der Waals surface area contributed by atoms with Crippen LogP contribution >= 0.6 is 24.0 Å². The summed E-state index contributed by atoms with van der Waals surface area (Å²) < 4.78 is 12.1. The fraction of sp³-hybridized carbons (Fsp3) is 0.217. The van der Waals surface area contributed by atoms with Crippen LogP contribution in [-0.4, -0.2) is 34.9 Å². The van der Waals surface area contributed by atoms with Gasteiger partial charge in [0.15, 0.2) is 0 Å². The molecule has 2 aromatic rings. The molecule has 0 bridgehead atoms. The van der Waals surface area contributed by atoms with Crippen molar-refractivity contribution in [3.8, 4) is 11.5 Å². The molecular weight excluding hydrogens is 402 g/mol. The van der Waals surface area contributed by atoms with E-state index < -0.39 is 0 Å². The largest absolute Gasteiger partial charge is 0.490 e. The van der Waals surface area contributed by atoms with Gasteiger partial charge in [-0.2, -0.15) is 0 Å². The minimum absolute atomic E-state index is 0.0798. The van der Waals surface area contributed by atoms with Crippen LogP contribution in [0.25, 0.3) is 6.08 Å². The van der Waals surface area contributed by atoms with Gasteiger partial charge in [-0.3, -0.25) is 9.69 Å². The highest BCUT2D eigenvalue weighted by Gasteiger charge is 2.30. The molecule has 0 aromatic heterocycles. The number of nitrogens with zero attached hydrogens (tertiary/aromatic N) is 1. The van der Waals surface area contributed by atoms with Crippen molar-refractivity contribution >= 4 is 40.3 Å². The van der Waals surface area contributed by atoms with Crippen molar-refractivity contribution in [3.63, 3.8) is 0 Å². The topological polar surface area (TPSA) is 38.8 Å². The fourth-order valence-corrected chi connectivity index (χ4v) is 4.05. The fourth-order valence-electron chi connectivity index (χ4n) is 2.77. The summed E-state index contributed by atoms with van der Waals surface area (Å²) in [5.41, 5.74) is 3.20. The lowest BCUT2D eigenvalue weighted by Crippen LogP contribution is -2.27. The summed E-state index contributed by atoms with van der Waals surface area (Å²) in [4.78, 5) is 14.5. The summed E-state index contributed by atoms with van der Waals surface area (Å²) in [5, 5.41) is 0. The minimum Gasteiger partial charge on any atom is -0.490 e. The first-order valence-electron chi connectivity index (χ1n) is 9.27. The number of thiocarbonyl (C=S) groups is 1. The Bertz CT molecular complexity index is 951. The van der Waals surface area contributed by atoms with Crippen molar-refractivity contribution in [2.75, 3.05) is 19.8 Å². The van der Waals surface area contributed by atoms with Crippen molar-refractivity contribution in [1.82, 2.24) is 4.90 Å². The van der Waals surface area contributed by atoms with Gasteiger partial charge < -0.3 is 9.47 Å². The number of carbonyl (C=O) groups excluding carboxylic acids is 1. The van der Waals surface area contributed by atoms with Crippen LogP contribution in [0.3, 0.4) is 0 Å². The van der Waals surface area contributed by atoms with E-state index in [0.29, 0.717) is 29.0 Å². The summed E-state index contributed by atoms with van der Waals surface area (Å²) in [7, 11) is 0. The van der Waals surface area contributed by atoms with Gasteiger partial charge in [-0.15, -0.1) is 6.58 Å². The van der Waals surface area contributed by atoms with Gasteiger partial charge in [0.1, 0.15) is 29.0 Å². The van der Waals surface area contributed by atoms with Crippen molar-refractivity contribution < 1.29 is 14.3 Å². The third kappa shape index (κ3) is 5.49. The Morgan fingerprint density at radius 1 is 1.10 bits per heavy atom. The van der Waals surface area contributed by atoms with E-state index >= 15 is 0 Å². The van der Waals surface area contributed by atoms with E-state index in [4.69, 9.17) is 21.7 Å². The Morgan fingerprint density at radius 3 is 2.55 bits per heavy atom. The SMILES string of the molecule is C=CCN1C(=O)C(=Cc2ccc(OCCOc3cc(C)ccc3C)cc2)SC1=S. The lowest BCUT2D eigenvalue weighted by molar-refractivity contribution is -0.121. The Balaban J connectivity index is 1.53. The standard InChI is InChI=1S/C23H23NO3S2/c1-4-11-24-22(25)21(29-23(24)28)15-18-7-9-19(10-8-18)26-12-13-27-20-14-16(2)5-6-17(20)3/h4-10,14-15H,1,11-13H2,2-3H3. The van der Waals surface area contributed by atoms with Gasteiger partial charge in [0.2, 0.25) is 0 Å². The monoisotopic (exact) mass is 425 g/mol. The Morgan fingerprint density at radius 2 is 1.83 bits per heavy atom. The smallest absolute Gasteiger partial charge is 0.266 e. The lowest BCUT2D eigenvalue weighted by atomic mass is 10.1. The van der Waals surface area contributed by atoms with E-state index in [1.54, 1.807) is 11.0 Å². The first-order chi connectivity index (χ1) is 14.0. The molecule has 1 aliphatic heterocycles. The van der Waals surface area contributed by atoms with Gasteiger partial charge in [-0.05, 0) is 54.8 Å². The van der Waals surface area contributed by atoms with Crippen molar-refractivity contribution in [2.24, 2.45) is 0 Å². The molecular formula is C23H23NO3S2. The predicted molar refractivity (Wildman–Crippen MR) is 123 cm³/mol. The Kier molecular flexibility index (Phi) is 7.12. The van der Waals surface area contributed by atoms with Crippen LogP contribution in [0.2, 0.25) is 0 Å². The van der Waals surface area contributed by atoms with Gasteiger partial charge in [0, 0.05) is 6.54 Å². The summed E-state index contributed by atoms with van der Waals surface area (Å²) in [6.07, 6.45) is 3.51. The van der Waals surface area contributed by atoms with E-state index in [1.807, 2.05) is 50.3 Å². The second-order valence-corrected chi connectivity index (χ2v) is 8.29. The average Bonchev–Trinajstić information content (AvgIpc) is 2.97. The number of ether oxygens (including phenoxy) is 2. The number of carbonyl (C=O) groups is 1. The van der Waals surface area contributed by atoms with Crippen LogP contribution in [0, 0.1) is 13.8 Å². The molecule has 0 radical (unpaired) electrons. The summed E-state index contributed by atoms with van der Waals surface area (Å²) in [6, 6.07) is 13.7. The van der Waals surface area contributed by atoms with Crippen LogP contribution in [0.1, 0.15) is 16.7 Å². The molecule has 0 spiro atoms. The van der Waals surface area contributed by atoms with Gasteiger partial charge in [-0.25, -0.2) is 0 Å². The van der Waals surface area contributed by atoms with Crippen LogP contribution in [-0.2, 0) is 4.79 Å². The zero-order valence-corrected chi connectivity index (χ0v) is 18.1. The van der Waals surface area contributed by atoms with Crippen LogP contribution in [0.4, 0.5) is 0 Å². The molecule has 6 heteroatoms. The lowest BCUT2D eigenvalue weighted by Gasteiger charge is -2.11. The highest BCUT2D eigenvalue weighted by atomic mass is 32.2.